The first kappa shape index (κ1) is 19.4. The molecule has 7 nitrogen and oxygen atoms in total. The second-order valence-corrected chi connectivity index (χ2v) is 7.32. The van der Waals surface area contributed by atoms with E-state index in [1.54, 1.807) is 26.0 Å². The summed E-state index contributed by atoms with van der Waals surface area (Å²) in [7, 11) is -4.54. The lowest BCUT2D eigenvalue weighted by atomic mass is 9.85. The maximum absolute atomic E-state index is 12.1. The fourth-order valence-corrected chi connectivity index (χ4v) is 4.21. The Kier molecular flexibility index (Phi) is 6.11. The highest BCUT2D eigenvalue weighted by atomic mass is 31.2. The molecule has 0 aromatic heterocycles. The molecular weight excluding hydrogens is 323 g/mol. The van der Waals surface area contributed by atoms with Gasteiger partial charge in [-0.1, -0.05) is 38.1 Å². The number of carboxylic acids is 2. The van der Waals surface area contributed by atoms with E-state index in [9.17, 15) is 23.9 Å². The summed E-state index contributed by atoms with van der Waals surface area (Å²) in [5.41, 5.74) is 0.639. The van der Waals surface area contributed by atoms with Crippen LogP contribution in [-0.2, 0) is 25.7 Å². The standard InChI is InChI=1S/C15H21O7P/c1-3-15(4-2,23(20,21)22)12-8-6-5-7-10(12)9-11(13(16)17)14(18)19/h5-8,11H,3-4,9H2,1-2H3,(H,16,17)(H,18,19)(H2,20,21,22). The van der Waals surface area contributed by atoms with E-state index in [0.29, 0.717) is 11.1 Å². The van der Waals surface area contributed by atoms with Crippen molar-refractivity contribution in [2.45, 2.75) is 38.3 Å². The highest BCUT2D eigenvalue weighted by Gasteiger charge is 2.46. The van der Waals surface area contributed by atoms with E-state index in [0.717, 1.165) is 0 Å². The van der Waals surface area contributed by atoms with Crippen LogP contribution in [0.3, 0.4) is 0 Å². The van der Waals surface area contributed by atoms with E-state index >= 15 is 0 Å². The van der Waals surface area contributed by atoms with Crippen LogP contribution in [0.25, 0.3) is 0 Å². The van der Waals surface area contributed by atoms with Crippen LogP contribution in [-0.4, -0.2) is 31.9 Å². The molecule has 0 saturated heterocycles. The van der Waals surface area contributed by atoms with E-state index in [-0.39, 0.29) is 19.3 Å². The fraction of sp³-hybridized carbons (Fsp3) is 0.467. The van der Waals surface area contributed by atoms with Crippen molar-refractivity contribution >= 4 is 19.5 Å². The van der Waals surface area contributed by atoms with Gasteiger partial charge in [0.1, 0.15) is 0 Å². The van der Waals surface area contributed by atoms with Gasteiger partial charge < -0.3 is 20.0 Å². The SMILES string of the molecule is CCC(CC)(c1ccccc1CC(C(=O)O)C(=O)O)P(=O)(O)O. The van der Waals surface area contributed by atoms with Crippen LogP contribution in [0.4, 0.5) is 0 Å². The minimum absolute atomic E-state index is 0.148. The third kappa shape index (κ3) is 3.80. The molecule has 0 aliphatic carbocycles. The maximum Gasteiger partial charge on any atom is 0.335 e. The van der Waals surface area contributed by atoms with Gasteiger partial charge in [0.2, 0.25) is 0 Å². The van der Waals surface area contributed by atoms with Crippen molar-refractivity contribution in [1.29, 1.82) is 0 Å². The number of aliphatic carboxylic acids is 2. The molecule has 8 heteroatoms. The first-order valence-corrected chi connectivity index (χ1v) is 8.81. The molecule has 0 heterocycles. The van der Waals surface area contributed by atoms with Gasteiger partial charge in [0.05, 0.1) is 5.16 Å². The number of benzene rings is 1. The average Bonchev–Trinajstić information content (AvgIpc) is 2.45. The molecule has 4 N–H and O–H groups in total. The van der Waals surface area contributed by atoms with Crippen LogP contribution in [0.2, 0.25) is 0 Å². The van der Waals surface area contributed by atoms with Gasteiger partial charge in [-0.3, -0.25) is 14.2 Å². The second kappa shape index (κ2) is 7.25. The highest BCUT2D eigenvalue weighted by Crippen LogP contribution is 2.61. The van der Waals surface area contributed by atoms with Crippen molar-refractivity contribution in [2.75, 3.05) is 0 Å². The zero-order chi connectivity index (χ0) is 17.8. The van der Waals surface area contributed by atoms with Gasteiger partial charge in [0.15, 0.2) is 5.92 Å². The Labute approximate surface area is 134 Å². The Morgan fingerprint density at radius 2 is 1.57 bits per heavy atom. The summed E-state index contributed by atoms with van der Waals surface area (Å²) < 4.78 is 12.1. The minimum Gasteiger partial charge on any atom is -0.481 e. The van der Waals surface area contributed by atoms with Gasteiger partial charge in [0, 0.05) is 0 Å². The topological polar surface area (TPSA) is 132 Å². The molecular formula is C15H21O7P. The van der Waals surface area contributed by atoms with Crippen LogP contribution in [0, 0.1) is 5.92 Å². The van der Waals surface area contributed by atoms with E-state index in [1.165, 1.54) is 12.1 Å². The molecule has 0 bridgehead atoms. The van der Waals surface area contributed by atoms with Gasteiger partial charge in [-0.05, 0) is 30.4 Å². The average molecular weight is 344 g/mol. The third-order valence-electron chi connectivity index (χ3n) is 4.27. The van der Waals surface area contributed by atoms with Gasteiger partial charge in [-0.25, -0.2) is 0 Å². The van der Waals surface area contributed by atoms with Crippen molar-refractivity contribution < 1.29 is 34.2 Å². The number of hydrogen-bond acceptors (Lipinski definition) is 3. The second-order valence-electron chi connectivity index (χ2n) is 5.37. The Morgan fingerprint density at radius 3 is 1.96 bits per heavy atom. The van der Waals surface area contributed by atoms with Crippen LogP contribution < -0.4 is 0 Å². The summed E-state index contributed by atoms with van der Waals surface area (Å²) in [5.74, 6) is -4.64. The molecule has 1 rings (SSSR count). The molecule has 0 spiro atoms. The number of carbonyl (C=O) groups is 2. The molecule has 1 aromatic rings. The minimum atomic E-state index is -4.54. The smallest absolute Gasteiger partial charge is 0.335 e. The zero-order valence-electron chi connectivity index (χ0n) is 13.0. The lowest BCUT2D eigenvalue weighted by molar-refractivity contribution is -0.154. The van der Waals surface area contributed by atoms with Gasteiger partial charge in [0.25, 0.3) is 0 Å². The predicted molar refractivity (Wildman–Crippen MR) is 83.2 cm³/mol. The predicted octanol–water partition coefficient (Wildman–Crippen LogP) is 2.21. The van der Waals surface area contributed by atoms with E-state index in [1.807, 2.05) is 0 Å². The van der Waals surface area contributed by atoms with E-state index in [4.69, 9.17) is 10.2 Å². The first-order chi connectivity index (χ1) is 10.6. The zero-order valence-corrected chi connectivity index (χ0v) is 13.9. The Balaban J connectivity index is 3.48. The van der Waals surface area contributed by atoms with Crippen LogP contribution in [0.1, 0.15) is 37.8 Å². The largest absolute Gasteiger partial charge is 0.481 e. The summed E-state index contributed by atoms with van der Waals surface area (Å²) in [5, 5.41) is 16.6. The van der Waals surface area contributed by atoms with Crippen molar-refractivity contribution in [3.8, 4) is 0 Å². The number of hydrogen-bond donors (Lipinski definition) is 4. The maximum atomic E-state index is 12.1. The summed E-state index contributed by atoms with van der Waals surface area (Å²) >= 11 is 0. The Bertz CT molecular complexity index is 616. The molecule has 1 aromatic carbocycles. The number of rotatable bonds is 8. The molecule has 0 saturated carbocycles. The summed E-state index contributed by atoms with van der Waals surface area (Å²) in [6.07, 6.45) is -0.0339. The molecule has 0 radical (unpaired) electrons. The van der Waals surface area contributed by atoms with Crippen molar-refractivity contribution in [3.63, 3.8) is 0 Å². The van der Waals surface area contributed by atoms with Gasteiger partial charge >= 0.3 is 19.5 Å². The molecule has 0 unspecified atom stereocenters. The van der Waals surface area contributed by atoms with Crippen molar-refractivity contribution in [3.05, 3.63) is 35.4 Å². The van der Waals surface area contributed by atoms with Crippen LogP contribution in [0.5, 0.6) is 0 Å². The van der Waals surface area contributed by atoms with Crippen molar-refractivity contribution in [1.82, 2.24) is 0 Å². The van der Waals surface area contributed by atoms with E-state index in [2.05, 4.69) is 0 Å². The monoisotopic (exact) mass is 344 g/mol. The Morgan fingerprint density at radius 1 is 1.09 bits per heavy atom. The quantitative estimate of drug-likeness (QED) is 0.420. The normalized spacial score (nSPS) is 12.4. The molecule has 0 atom stereocenters. The molecule has 128 valence electrons. The van der Waals surface area contributed by atoms with Gasteiger partial charge in [-0.2, -0.15) is 0 Å². The Hall–Kier alpha value is -1.69. The third-order valence-corrected chi connectivity index (χ3v) is 6.25. The van der Waals surface area contributed by atoms with Crippen LogP contribution in [0.15, 0.2) is 24.3 Å². The van der Waals surface area contributed by atoms with Crippen molar-refractivity contribution in [2.24, 2.45) is 5.92 Å². The van der Waals surface area contributed by atoms with Gasteiger partial charge in [-0.15, -0.1) is 0 Å². The molecule has 0 fully saturated rings. The molecule has 23 heavy (non-hydrogen) atoms. The highest BCUT2D eigenvalue weighted by molar-refractivity contribution is 7.53. The summed E-state index contributed by atoms with van der Waals surface area (Å²) in [6, 6.07) is 6.24. The lowest BCUT2D eigenvalue weighted by Gasteiger charge is -2.34. The summed E-state index contributed by atoms with van der Waals surface area (Å²) in [6.45, 7) is 3.29. The first-order valence-electron chi connectivity index (χ1n) is 7.20. The van der Waals surface area contributed by atoms with Crippen LogP contribution >= 0.6 is 7.60 Å². The summed E-state index contributed by atoms with van der Waals surface area (Å²) in [4.78, 5) is 41.9. The fourth-order valence-electron chi connectivity index (χ4n) is 2.85. The lowest BCUT2D eigenvalue weighted by Crippen LogP contribution is -2.29. The molecule has 0 aliphatic rings. The number of carboxylic acid groups (broad SMARTS) is 2. The van der Waals surface area contributed by atoms with E-state index < -0.39 is 30.6 Å². The molecule has 0 aliphatic heterocycles. The molecule has 0 amide bonds.